The molecule has 1 atom stereocenters. The first kappa shape index (κ1) is 16.9. The summed E-state index contributed by atoms with van der Waals surface area (Å²) in [5, 5.41) is 4.38. The minimum atomic E-state index is 0.205. The van der Waals surface area contributed by atoms with Crippen molar-refractivity contribution in [3.05, 3.63) is 66.0 Å². The van der Waals surface area contributed by atoms with Crippen LogP contribution in [0.1, 0.15) is 49.8 Å². The van der Waals surface area contributed by atoms with Crippen LogP contribution in [0.5, 0.6) is 0 Å². The molecule has 0 aliphatic heterocycles. The summed E-state index contributed by atoms with van der Waals surface area (Å²) in [5.41, 5.74) is 2.47. The first-order valence-electron chi connectivity index (χ1n) is 8.75. The molecule has 1 aliphatic rings. The largest absolute Gasteiger partial charge is 0.356 e. The minimum Gasteiger partial charge on any atom is -0.356 e. The number of hydrogen-bond donors (Lipinski definition) is 1. The second kappa shape index (κ2) is 8.25. The van der Waals surface area contributed by atoms with Gasteiger partial charge in [0.25, 0.3) is 0 Å². The number of thiocarbonyl (C=S) groups is 1. The van der Waals surface area contributed by atoms with E-state index < -0.39 is 0 Å². The van der Waals surface area contributed by atoms with E-state index in [0.29, 0.717) is 6.04 Å². The van der Waals surface area contributed by atoms with Gasteiger partial charge < -0.3 is 10.2 Å². The van der Waals surface area contributed by atoms with Gasteiger partial charge in [0.05, 0.1) is 6.04 Å². The third-order valence-corrected chi connectivity index (χ3v) is 5.09. The van der Waals surface area contributed by atoms with E-state index >= 15 is 0 Å². The fraction of sp³-hybridized carbons (Fsp3) is 0.400. The van der Waals surface area contributed by atoms with Crippen molar-refractivity contribution in [1.29, 1.82) is 0 Å². The van der Waals surface area contributed by atoms with Crippen molar-refractivity contribution >= 4 is 17.3 Å². The average Bonchev–Trinajstić information content (AvgIpc) is 3.15. The molecule has 1 heterocycles. The van der Waals surface area contributed by atoms with Crippen LogP contribution in [-0.4, -0.2) is 21.0 Å². The summed E-state index contributed by atoms with van der Waals surface area (Å²) in [6, 6.07) is 15.3. The van der Waals surface area contributed by atoms with Crippen molar-refractivity contribution in [2.75, 3.05) is 0 Å². The second-order valence-electron chi connectivity index (χ2n) is 6.51. The van der Waals surface area contributed by atoms with Crippen LogP contribution in [-0.2, 0) is 6.54 Å². The van der Waals surface area contributed by atoms with E-state index in [4.69, 9.17) is 12.2 Å². The molecule has 1 fully saturated rings. The van der Waals surface area contributed by atoms with Gasteiger partial charge in [0.2, 0.25) is 0 Å². The quantitative estimate of drug-likeness (QED) is 0.814. The Morgan fingerprint density at radius 3 is 2.62 bits per heavy atom. The fourth-order valence-electron chi connectivity index (χ4n) is 3.36. The molecular weight excluding hydrogens is 314 g/mol. The molecule has 0 bridgehead atoms. The molecule has 1 N–H and O–H groups in total. The Bertz CT molecular complexity index is 638. The van der Waals surface area contributed by atoms with Crippen molar-refractivity contribution in [3.8, 4) is 0 Å². The standard InChI is InChI=1S/C20H25N3S/c1-16(18-9-3-2-4-10-18)22-20(24)23(19-11-5-6-12-19)15-17-8-7-13-21-14-17/h2-4,7-10,13-14,16,19H,5-6,11-12,15H2,1H3,(H,22,24). The third-order valence-electron chi connectivity index (χ3n) is 4.74. The summed E-state index contributed by atoms with van der Waals surface area (Å²) < 4.78 is 0. The van der Waals surface area contributed by atoms with E-state index in [-0.39, 0.29) is 6.04 Å². The van der Waals surface area contributed by atoms with Crippen LogP contribution >= 0.6 is 12.2 Å². The maximum absolute atomic E-state index is 5.78. The molecule has 0 radical (unpaired) electrons. The smallest absolute Gasteiger partial charge is 0.169 e. The normalized spacial score (nSPS) is 15.9. The number of nitrogens with one attached hydrogen (secondary N) is 1. The molecule has 24 heavy (non-hydrogen) atoms. The SMILES string of the molecule is CC(NC(=S)N(Cc1cccnc1)C1CCCC1)c1ccccc1. The van der Waals surface area contributed by atoms with Crippen molar-refractivity contribution in [1.82, 2.24) is 15.2 Å². The molecule has 0 amide bonds. The molecule has 0 spiro atoms. The van der Waals surface area contributed by atoms with Gasteiger partial charge in [-0.25, -0.2) is 0 Å². The average molecular weight is 340 g/mol. The van der Waals surface area contributed by atoms with E-state index in [1.807, 2.05) is 24.5 Å². The van der Waals surface area contributed by atoms with E-state index in [1.54, 1.807) is 0 Å². The highest BCUT2D eigenvalue weighted by molar-refractivity contribution is 7.80. The Morgan fingerprint density at radius 2 is 1.96 bits per heavy atom. The molecule has 1 aromatic heterocycles. The molecule has 1 aromatic carbocycles. The lowest BCUT2D eigenvalue weighted by molar-refractivity contribution is 0.300. The van der Waals surface area contributed by atoms with Gasteiger partial charge in [-0.05, 0) is 49.2 Å². The number of pyridine rings is 1. The molecule has 1 aliphatic carbocycles. The number of aromatic nitrogens is 1. The zero-order chi connectivity index (χ0) is 16.8. The molecule has 0 saturated heterocycles. The maximum Gasteiger partial charge on any atom is 0.169 e. The number of nitrogens with zero attached hydrogens (tertiary/aromatic N) is 2. The Labute approximate surface area is 150 Å². The third kappa shape index (κ3) is 4.32. The number of hydrogen-bond acceptors (Lipinski definition) is 2. The zero-order valence-corrected chi connectivity index (χ0v) is 15.0. The van der Waals surface area contributed by atoms with Gasteiger partial charge in [-0.2, -0.15) is 0 Å². The maximum atomic E-state index is 5.78. The highest BCUT2D eigenvalue weighted by atomic mass is 32.1. The van der Waals surface area contributed by atoms with E-state index in [9.17, 15) is 0 Å². The summed E-state index contributed by atoms with van der Waals surface area (Å²) in [6.45, 7) is 2.99. The lowest BCUT2D eigenvalue weighted by Gasteiger charge is -2.33. The van der Waals surface area contributed by atoms with E-state index in [2.05, 4.69) is 52.5 Å². The molecule has 4 heteroatoms. The highest BCUT2D eigenvalue weighted by Crippen LogP contribution is 2.25. The van der Waals surface area contributed by atoms with Crippen LogP contribution in [0.3, 0.4) is 0 Å². The van der Waals surface area contributed by atoms with E-state index in [0.717, 1.165) is 11.7 Å². The first-order chi connectivity index (χ1) is 11.7. The Hall–Kier alpha value is -1.94. The Balaban J connectivity index is 1.71. The number of rotatable bonds is 5. The lowest BCUT2D eigenvalue weighted by atomic mass is 10.1. The molecule has 3 nitrogen and oxygen atoms in total. The highest BCUT2D eigenvalue weighted by Gasteiger charge is 2.25. The Morgan fingerprint density at radius 1 is 1.21 bits per heavy atom. The number of benzene rings is 1. The molecule has 1 unspecified atom stereocenters. The lowest BCUT2D eigenvalue weighted by Crippen LogP contribution is -2.45. The predicted octanol–water partition coefficient (Wildman–Crippen LogP) is 4.46. The summed E-state index contributed by atoms with van der Waals surface area (Å²) in [6.07, 6.45) is 8.79. The van der Waals surface area contributed by atoms with Crippen LogP contribution in [0.2, 0.25) is 0 Å². The second-order valence-corrected chi connectivity index (χ2v) is 6.90. The molecule has 1 saturated carbocycles. The molecule has 2 aromatic rings. The predicted molar refractivity (Wildman–Crippen MR) is 103 cm³/mol. The minimum absolute atomic E-state index is 0.205. The van der Waals surface area contributed by atoms with Gasteiger partial charge in [-0.1, -0.05) is 49.2 Å². The van der Waals surface area contributed by atoms with Crippen molar-refractivity contribution < 1.29 is 0 Å². The van der Waals surface area contributed by atoms with Crippen LogP contribution in [0, 0.1) is 0 Å². The van der Waals surface area contributed by atoms with Gasteiger partial charge in [0.1, 0.15) is 0 Å². The van der Waals surface area contributed by atoms with Crippen molar-refractivity contribution in [2.45, 2.75) is 51.2 Å². The molecule has 3 rings (SSSR count). The van der Waals surface area contributed by atoms with Gasteiger partial charge >= 0.3 is 0 Å². The van der Waals surface area contributed by atoms with Gasteiger partial charge in [0.15, 0.2) is 5.11 Å². The van der Waals surface area contributed by atoms with Crippen LogP contribution in [0.15, 0.2) is 54.9 Å². The molecule has 126 valence electrons. The van der Waals surface area contributed by atoms with Gasteiger partial charge in [-0.15, -0.1) is 0 Å². The summed E-state index contributed by atoms with van der Waals surface area (Å²) >= 11 is 5.78. The van der Waals surface area contributed by atoms with Crippen LogP contribution in [0.25, 0.3) is 0 Å². The summed E-state index contributed by atoms with van der Waals surface area (Å²) in [5.74, 6) is 0. The van der Waals surface area contributed by atoms with Gasteiger partial charge in [0, 0.05) is 25.0 Å². The zero-order valence-electron chi connectivity index (χ0n) is 14.2. The topological polar surface area (TPSA) is 28.2 Å². The van der Waals surface area contributed by atoms with E-state index in [1.165, 1.54) is 36.8 Å². The van der Waals surface area contributed by atoms with Gasteiger partial charge in [-0.3, -0.25) is 4.98 Å². The fourth-order valence-corrected chi connectivity index (χ4v) is 3.75. The van der Waals surface area contributed by atoms with Crippen LogP contribution < -0.4 is 5.32 Å². The Kier molecular flexibility index (Phi) is 5.81. The van der Waals surface area contributed by atoms with Crippen LogP contribution in [0.4, 0.5) is 0 Å². The molecular formula is C20H25N3S. The summed E-state index contributed by atoms with van der Waals surface area (Å²) in [4.78, 5) is 6.60. The monoisotopic (exact) mass is 339 g/mol. The van der Waals surface area contributed by atoms with Crippen molar-refractivity contribution in [3.63, 3.8) is 0 Å². The first-order valence-corrected chi connectivity index (χ1v) is 9.16. The van der Waals surface area contributed by atoms with Crippen molar-refractivity contribution in [2.24, 2.45) is 0 Å². The summed E-state index contributed by atoms with van der Waals surface area (Å²) in [7, 11) is 0.